The highest BCUT2D eigenvalue weighted by Crippen LogP contribution is 2.30. The van der Waals surface area contributed by atoms with E-state index in [9.17, 15) is 4.79 Å². The molecule has 2 aromatic heterocycles. The van der Waals surface area contributed by atoms with Crippen molar-refractivity contribution >= 4 is 23.1 Å². The fourth-order valence-electron chi connectivity index (χ4n) is 1.98. The van der Waals surface area contributed by atoms with Gasteiger partial charge in [0.15, 0.2) is 5.15 Å². The molecule has 0 saturated carbocycles. The second kappa shape index (κ2) is 5.59. The number of rotatable bonds is 4. The van der Waals surface area contributed by atoms with Crippen LogP contribution in [0.3, 0.4) is 0 Å². The van der Waals surface area contributed by atoms with Crippen molar-refractivity contribution in [3.05, 3.63) is 34.6 Å². The van der Waals surface area contributed by atoms with Crippen LogP contribution in [-0.2, 0) is 9.47 Å². The lowest BCUT2D eigenvalue weighted by Gasteiger charge is -2.16. The zero-order chi connectivity index (χ0) is 14.0. The third-order valence-electron chi connectivity index (χ3n) is 2.91. The lowest BCUT2D eigenvalue weighted by Crippen LogP contribution is -2.15. The Bertz CT molecular complexity index is 609. The van der Waals surface area contributed by atoms with Gasteiger partial charge < -0.3 is 9.47 Å². The summed E-state index contributed by atoms with van der Waals surface area (Å²) in [5.41, 5.74) is 1.73. The second-order valence-corrected chi connectivity index (χ2v) is 4.37. The van der Waals surface area contributed by atoms with Crippen LogP contribution in [0.5, 0.6) is 0 Å². The number of ether oxygens (including phenoxy) is 2. The number of methoxy groups -OCH3 is 1. The molecule has 0 aromatic carbocycles. The molecule has 19 heavy (non-hydrogen) atoms. The molecule has 2 rings (SSSR count). The van der Waals surface area contributed by atoms with E-state index in [0.717, 1.165) is 5.52 Å². The van der Waals surface area contributed by atoms with Gasteiger partial charge >= 0.3 is 5.97 Å². The van der Waals surface area contributed by atoms with Crippen LogP contribution in [0.15, 0.2) is 18.3 Å². The summed E-state index contributed by atoms with van der Waals surface area (Å²) in [6, 6.07) is 3.69. The lowest BCUT2D eigenvalue weighted by molar-refractivity contribution is 0.0515. The van der Waals surface area contributed by atoms with E-state index in [1.807, 2.05) is 19.1 Å². The molecule has 2 heterocycles. The van der Waals surface area contributed by atoms with Crippen molar-refractivity contribution < 1.29 is 14.3 Å². The van der Waals surface area contributed by atoms with Gasteiger partial charge in [0.25, 0.3) is 0 Å². The summed E-state index contributed by atoms with van der Waals surface area (Å²) >= 11 is 6.11. The minimum atomic E-state index is -0.484. The molecule has 0 aliphatic rings. The van der Waals surface area contributed by atoms with Crippen molar-refractivity contribution in [2.45, 2.75) is 20.0 Å². The maximum absolute atomic E-state index is 12.1. The molecule has 0 aliphatic carbocycles. The van der Waals surface area contributed by atoms with E-state index in [-0.39, 0.29) is 23.4 Å². The van der Waals surface area contributed by atoms with E-state index < -0.39 is 5.97 Å². The normalized spacial score (nSPS) is 12.6. The highest BCUT2D eigenvalue weighted by atomic mass is 35.5. The van der Waals surface area contributed by atoms with Gasteiger partial charge in [0.2, 0.25) is 0 Å². The van der Waals surface area contributed by atoms with Crippen LogP contribution in [-0.4, -0.2) is 29.3 Å². The molecule has 0 saturated heterocycles. The molecule has 0 spiro atoms. The Morgan fingerprint density at radius 1 is 1.58 bits per heavy atom. The number of aromatic nitrogens is 2. The van der Waals surface area contributed by atoms with Crippen molar-refractivity contribution in [1.29, 1.82) is 0 Å². The predicted octanol–water partition coefficient (Wildman–Crippen LogP) is 2.87. The van der Waals surface area contributed by atoms with E-state index in [1.54, 1.807) is 24.7 Å². The van der Waals surface area contributed by atoms with Crippen LogP contribution in [0.2, 0.25) is 5.15 Å². The number of carbonyl (C=O) groups is 1. The monoisotopic (exact) mass is 282 g/mol. The molecular formula is C13H15ClN2O3. The average Bonchev–Trinajstić information content (AvgIpc) is 2.83. The molecule has 0 radical (unpaired) electrons. The second-order valence-electron chi connectivity index (χ2n) is 4.02. The Kier molecular flexibility index (Phi) is 4.07. The quantitative estimate of drug-likeness (QED) is 0.809. The molecule has 1 unspecified atom stereocenters. The summed E-state index contributed by atoms with van der Waals surface area (Å²) in [6.45, 7) is 3.87. The van der Waals surface area contributed by atoms with Gasteiger partial charge in [-0.15, -0.1) is 0 Å². The first-order valence-corrected chi connectivity index (χ1v) is 6.34. The standard InChI is InChI=1S/C13H15ClN2O3/c1-4-19-13(17)11-10(8(2)18-3)9-6-5-7-16(9)15-12(11)14/h5-8H,4H2,1-3H3. The van der Waals surface area contributed by atoms with Crippen LogP contribution in [0.25, 0.3) is 5.52 Å². The number of fused-ring (bicyclic) bond motifs is 1. The largest absolute Gasteiger partial charge is 0.462 e. The molecule has 0 N–H and O–H groups in total. The zero-order valence-corrected chi connectivity index (χ0v) is 11.8. The number of nitrogens with zero attached hydrogens (tertiary/aromatic N) is 2. The Labute approximate surface area is 116 Å². The molecule has 5 nitrogen and oxygen atoms in total. The van der Waals surface area contributed by atoms with Crippen molar-refractivity contribution in [2.75, 3.05) is 13.7 Å². The van der Waals surface area contributed by atoms with Crippen LogP contribution in [0.4, 0.5) is 0 Å². The molecule has 1 atom stereocenters. The van der Waals surface area contributed by atoms with Crippen LogP contribution in [0, 0.1) is 0 Å². The van der Waals surface area contributed by atoms with E-state index >= 15 is 0 Å². The van der Waals surface area contributed by atoms with Gasteiger partial charge in [0.05, 0.1) is 18.2 Å². The van der Waals surface area contributed by atoms with Gasteiger partial charge in [0.1, 0.15) is 5.56 Å². The number of hydrogen-bond donors (Lipinski definition) is 0. The van der Waals surface area contributed by atoms with Crippen molar-refractivity contribution in [3.8, 4) is 0 Å². The van der Waals surface area contributed by atoms with Crippen LogP contribution >= 0.6 is 11.6 Å². The summed E-state index contributed by atoms with van der Waals surface area (Å²) in [5.74, 6) is -0.484. The minimum Gasteiger partial charge on any atom is -0.462 e. The highest BCUT2D eigenvalue weighted by molar-refractivity contribution is 6.32. The topological polar surface area (TPSA) is 52.8 Å². The van der Waals surface area contributed by atoms with E-state index in [2.05, 4.69) is 5.10 Å². The molecule has 102 valence electrons. The van der Waals surface area contributed by atoms with Crippen LogP contribution in [0.1, 0.15) is 35.9 Å². The van der Waals surface area contributed by atoms with Crippen molar-refractivity contribution in [1.82, 2.24) is 9.61 Å². The first-order chi connectivity index (χ1) is 9.10. The minimum absolute atomic E-state index is 0.112. The molecule has 2 aromatic rings. The molecular weight excluding hydrogens is 268 g/mol. The predicted molar refractivity (Wildman–Crippen MR) is 71.6 cm³/mol. The third kappa shape index (κ3) is 2.43. The number of halogens is 1. The lowest BCUT2D eigenvalue weighted by atomic mass is 10.0. The van der Waals surface area contributed by atoms with Gasteiger partial charge in [-0.25, -0.2) is 9.31 Å². The Morgan fingerprint density at radius 3 is 2.95 bits per heavy atom. The van der Waals surface area contributed by atoms with Gasteiger partial charge in [0, 0.05) is 18.9 Å². The number of hydrogen-bond acceptors (Lipinski definition) is 4. The molecule has 6 heteroatoms. The summed E-state index contributed by atoms with van der Waals surface area (Å²) in [4.78, 5) is 12.1. The zero-order valence-electron chi connectivity index (χ0n) is 11.0. The van der Waals surface area contributed by atoms with E-state index in [0.29, 0.717) is 5.56 Å². The van der Waals surface area contributed by atoms with Gasteiger partial charge in [-0.1, -0.05) is 11.6 Å². The fraction of sp³-hybridized carbons (Fsp3) is 0.385. The first kappa shape index (κ1) is 13.8. The first-order valence-electron chi connectivity index (χ1n) is 5.96. The van der Waals surface area contributed by atoms with Crippen molar-refractivity contribution in [3.63, 3.8) is 0 Å². The number of carbonyl (C=O) groups excluding carboxylic acids is 1. The SMILES string of the molecule is CCOC(=O)c1c(Cl)nn2cccc2c1C(C)OC. The van der Waals surface area contributed by atoms with Crippen molar-refractivity contribution in [2.24, 2.45) is 0 Å². The van der Waals surface area contributed by atoms with Gasteiger partial charge in [-0.05, 0) is 26.0 Å². The third-order valence-corrected chi connectivity index (χ3v) is 3.18. The molecule has 0 amide bonds. The highest BCUT2D eigenvalue weighted by Gasteiger charge is 2.25. The summed E-state index contributed by atoms with van der Waals surface area (Å²) in [5, 5.41) is 4.25. The Morgan fingerprint density at radius 2 is 2.32 bits per heavy atom. The maximum atomic E-state index is 12.1. The van der Waals surface area contributed by atoms with Gasteiger partial charge in [-0.2, -0.15) is 5.10 Å². The molecule has 0 bridgehead atoms. The summed E-state index contributed by atoms with van der Waals surface area (Å²) in [6.07, 6.45) is 1.47. The number of esters is 1. The summed E-state index contributed by atoms with van der Waals surface area (Å²) in [7, 11) is 1.58. The van der Waals surface area contributed by atoms with E-state index in [4.69, 9.17) is 21.1 Å². The van der Waals surface area contributed by atoms with E-state index in [1.165, 1.54) is 0 Å². The van der Waals surface area contributed by atoms with Gasteiger partial charge in [-0.3, -0.25) is 0 Å². The fourth-order valence-corrected chi connectivity index (χ4v) is 2.24. The molecule has 0 aliphatic heterocycles. The molecule has 0 fully saturated rings. The average molecular weight is 283 g/mol. The summed E-state index contributed by atoms with van der Waals surface area (Å²) < 4.78 is 12.0. The Balaban J connectivity index is 2.72. The maximum Gasteiger partial charge on any atom is 0.341 e. The smallest absolute Gasteiger partial charge is 0.341 e. The Hall–Kier alpha value is -1.59. The van der Waals surface area contributed by atoms with Crippen LogP contribution < -0.4 is 0 Å².